The smallest absolute Gasteiger partial charge is 0.208 e. The Kier molecular flexibility index (Phi) is 13.1. The second-order valence-electron chi connectivity index (χ2n) is 10.3. The van der Waals surface area contributed by atoms with Crippen LogP contribution in [0.3, 0.4) is 0 Å². The Morgan fingerprint density at radius 1 is 1.11 bits per heavy atom. The molecule has 0 spiro atoms. The number of thiophene rings is 1. The van der Waals surface area contributed by atoms with Crippen LogP contribution in [-0.2, 0) is 27.7 Å². The Hall–Kier alpha value is -0.710. The first-order valence-electron chi connectivity index (χ1n) is 13.1. The molecule has 4 rings (SSSR count). The highest BCUT2D eigenvalue weighted by molar-refractivity contribution is 7.88. The second-order valence-corrected chi connectivity index (χ2v) is 13.8. The van der Waals surface area contributed by atoms with Crippen molar-refractivity contribution in [3.63, 3.8) is 0 Å². The highest BCUT2D eigenvalue weighted by Crippen LogP contribution is 2.27. The first-order valence-corrected chi connectivity index (χ1v) is 16.6. The van der Waals surface area contributed by atoms with E-state index in [1.165, 1.54) is 43.1 Å². The summed E-state index contributed by atoms with van der Waals surface area (Å²) < 4.78 is 29.6. The summed E-state index contributed by atoms with van der Waals surface area (Å²) in [6, 6.07) is 8.03. The summed E-state index contributed by atoms with van der Waals surface area (Å²) in [7, 11) is -0.902. The average molecular weight is 591 g/mol. The number of rotatable bonds is 11. The maximum absolute atomic E-state index is 10.8. The van der Waals surface area contributed by atoms with Gasteiger partial charge >= 0.3 is 0 Å². The molecule has 10 heteroatoms. The molecule has 0 aliphatic carbocycles. The maximum Gasteiger partial charge on any atom is 0.208 e. The van der Waals surface area contributed by atoms with E-state index in [2.05, 4.69) is 38.4 Å². The lowest BCUT2D eigenvalue weighted by Gasteiger charge is -2.28. The van der Waals surface area contributed by atoms with Crippen LogP contribution in [0.5, 0.6) is 0 Å². The molecule has 1 N–H and O–H groups in total. The lowest BCUT2D eigenvalue weighted by Crippen LogP contribution is -2.32. The van der Waals surface area contributed by atoms with Gasteiger partial charge in [-0.25, -0.2) is 13.1 Å². The fraction of sp³-hybridized carbons (Fsp3) is 0.630. The topological polar surface area (TPSA) is 61.9 Å². The molecule has 0 unspecified atom stereocenters. The van der Waals surface area contributed by atoms with Crippen molar-refractivity contribution in [2.75, 3.05) is 59.2 Å². The molecule has 37 heavy (non-hydrogen) atoms. The Morgan fingerprint density at radius 2 is 1.86 bits per heavy atom. The number of hydrogen-bond acceptors (Lipinski definition) is 6. The van der Waals surface area contributed by atoms with Crippen LogP contribution in [0.4, 0.5) is 0 Å². The third-order valence-electron chi connectivity index (χ3n) is 6.90. The van der Waals surface area contributed by atoms with Crippen molar-refractivity contribution in [2.24, 2.45) is 11.8 Å². The van der Waals surface area contributed by atoms with Crippen LogP contribution in [-0.4, -0.2) is 77.5 Å². The van der Waals surface area contributed by atoms with Crippen molar-refractivity contribution in [1.82, 2.24) is 14.5 Å². The molecule has 2 fully saturated rings. The van der Waals surface area contributed by atoms with Crippen molar-refractivity contribution < 1.29 is 13.2 Å². The van der Waals surface area contributed by atoms with Crippen LogP contribution >= 0.6 is 34.5 Å². The van der Waals surface area contributed by atoms with Gasteiger partial charge in [-0.2, -0.15) is 11.3 Å². The first kappa shape index (κ1) is 30.8. The predicted molar refractivity (Wildman–Crippen MR) is 156 cm³/mol. The summed E-state index contributed by atoms with van der Waals surface area (Å²) in [4.78, 5) is 4.83. The number of piperidine rings is 1. The van der Waals surface area contributed by atoms with Crippen LogP contribution in [0.1, 0.15) is 36.8 Å². The van der Waals surface area contributed by atoms with Gasteiger partial charge in [-0.05, 0) is 111 Å². The monoisotopic (exact) mass is 589 g/mol. The number of hydrogen-bond donors (Lipinski definition) is 1. The molecule has 0 saturated carbocycles. The van der Waals surface area contributed by atoms with Crippen LogP contribution in [0.2, 0.25) is 10.0 Å². The van der Waals surface area contributed by atoms with Crippen molar-refractivity contribution in [1.29, 1.82) is 0 Å². The maximum atomic E-state index is 10.8. The van der Waals surface area contributed by atoms with E-state index < -0.39 is 10.0 Å². The Balaban J connectivity index is 0.000000209. The first-order chi connectivity index (χ1) is 17.7. The highest BCUT2D eigenvalue weighted by Gasteiger charge is 2.23. The van der Waals surface area contributed by atoms with Crippen LogP contribution < -0.4 is 4.72 Å². The summed E-state index contributed by atoms with van der Waals surface area (Å²) in [5.41, 5.74) is 2.65. The standard InChI is InChI=1S/C16H17Cl2NS.C11H24N2O3S/c17-15-2-1-14(16(18)8-15)10-19-5-3-12(9-19)7-13-4-6-20-11-13;1-13-7-4-11(5-8-13)10-16-9-3-6-12-17(2,14)15/h1-2,4,6,8,11-12H,3,5,7,9-10H2;11-12H,3-10H2,1-2H3/t12-;/m0./s1. The van der Waals surface area contributed by atoms with Crippen LogP contribution in [0.25, 0.3) is 0 Å². The van der Waals surface area contributed by atoms with Crippen LogP contribution in [0, 0.1) is 11.8 Å². The van der Waals surface area contributed by atoms with Crippen molar-refractivity contribution in [2.45, 2.75) is 38.6 Å². The van der Waals surface area contributed by atoms with E-state index in [-0.39, 0.29) is 0 Å². The molecule has 208 valence electrons. The van der Waals surface area contributed by atoms with Gasteiger partial charge in [0.05, 0.1) is 6.26 Å². The summed E-state index contributed by atoms with van der Waals surface area (Å²) in [6.45, 7) is 7.47. The zero-order valence-corrected chi connectivity index (χ0v) is 25.1. The third-order valence-corrected chi connectivity index (χ3v) is 8.95. The molecule has 1 aromatic heterocycles. The third kappa shape index (κ3) is 12.3. The Bertz CT molecular complexity index is 1030. The zero-order chi connectivity index (χ0) is 26.7. The fourth-order valence-corrected chi connectivity index (χ4v) is 6.43. The number of nitrogens with one attached hydrogen (secondary N) is 1. The van der Waals surface area contributed by atoms with Crippen molar-refractivity contribution >= 4 is 44.6 Å². The molecule has 0 amide bonds. The minimum atomic E-state index is -3.05. The molecule has 2 aliphatic rings. The summed E-state index contributed by atoms with van der Waals surface area (Å²) in [6.07, 6.45) is 6.80. The summed E-state index contributed by atoms with van der Waals surface area (Å²) >= 11 is 14.0. The lowest BCUT2D eigenvalue weighted by atomic mass is 9.98. The van der Waals surface area contributed by atoms with E-state index in [9.17, 15) is 8.42 Å². The van der Waals surface area contributed by atoms with E-state index in [0.717, 1.165) is 56.7 Å². The lowest BCUT2D eigenvalue weighted by molar-refractivity contribution is 0.0714. The van der Waals surface area contributed by atoms with Gasteiger partial charge in [0.1, 0.15) is 0 Å². The number of halogens is 2. The van der Waals surface area contributed by atoms with E-state index in [4.69, 9.17) is 27.9 Å². The molecule has 0 radical (unpaired) electrons. The normalized spacial score (nSPS) is 19.6. The molecule has 2 aromatic rings. The molecule has 0 bridgehead atoms. The van der Waals surface area contributed by atoms with Crippen LogP contribution in [0.15, 0.2) is 35.0 Å². The van der Waals surface area contributed by atoms with Gasteiger partial charge in [0.25, 0.3) is 0 Å². The Labute approximate surface area is 237 Å². The van der Waals surface area contributed by atoms with E-state index in [1.807, 2.05) is 18.2 Å². The summed E-state index contributed by atoms with van der Waals surface area (Å²) in [5, 5.41) is 5.91. The number of benzene rings is 1. The highest BCUT2D eigenvalue weighted by atomic mass is 35.5. The van der Waals surface area contributed by atoms with Gasteiger partial charge in [-0.15, -0.1) is 0 Å². The quantitative estimate of drug-likeness (QED) is 0.355. The molecule has 1 aromatic carbocycles. The molecule has 3 heterocycles. The predicted octanol–water partition coefficient (Wildman–Crippen LogP) is 5.40. The minimum Gasteiger partial charge on any atom is -0.381 e. The van der Waals surface area contributed by atoms with Gasteiger partial charge in [0.15, 0.2) is 0 Å². The van der Waals surface area contributed by atoms with Gasteiger partial charge in [0.2, 0.25) is 10.0 Å². The summed E-state index contributed by atoms with van der Waals surface area (Å²) in [5.74, 6) is 1.45. The molecule has 2 saturated heterocycles. The zero-order valence-electron chi connectivity index (χ0n) is 22.0. The van der Waals surface area contributed by atoms with E-state index in [1.54, 1.807) is 11.3 Å². The number of nitrogens with zero attached hydrogens (tertiary/aromatic N) is 2. The molecule has 1 atom stereocenters. The number of ether oxygens (including phenoxy) is 1. The van der Waals surface area contributed by atoms with E-state index in [0.29, 0.717) is 24.1 Å². The van der Waals surface area contributed by atoms with E-state index >= 15 is 0 Å². The SMILES string of the molecule is CN1CCC(COCCCNS(C)(=O)=O)CC1.Clc1ccc(CN2CC[C@@H](Cc3ccsc3)C2)c(Cl)c1. The average Bonchev–Trinajstić information content (AvgIpc) is 3.51. The Morgan fingerprint density at radius 3 is 2.54 bits per heavy atom. The van der Waals surface area contributed by atoms with Gasteiger partial charge < -0.3 is 9.64 Å². The molecule has 6 nitrogen and oxygen atoms in total. The van der Waals surface area contributed by atoms with Crippen molar-refractivity contribution in [3.05, 3.63) is 56.2 Å². The second kappa shape index (κ2) is 15.8. The van der Waals surface area contributed by atoms with Gasteiger partial charge in [0, 0.05) is 42.9 Å². The van der Waals surface area contributed by atoms with Gasteiger partial charge in [-0.3, -0.25) is 4.90 Å². The van der Waals surface area contributed by atoms with Crippen molar-refractivity contribution in [3.8, 4) is 0 Å². The minimum absolute atomic E-state index is 0.465. The molecular weight excluding hydrogens is 549 g/mol. The number of sulfonamides is 1. The molecule has 2 aliphatic heterocycles. The number of likely N-dealkylation sites (tertiary alicyclic amines) is 2. The van der Waals surface area contributed by atoms with Gasteiger partial charge in [-0.1, -0.05) is 29.3 Å². The molecular formula is C27H41Cl2N3O3S2. The fourth-order valence-electron chi connectivity index (χ4n) is 4.77. The largest absolute Gasteiger partial charge is 0.381 e.